The third kappa shape index (κ3) is 4.97. The molecule has 0 bridgehead atoms. The van der Waals surface area contributed by atoms with Crippen LogP contribution in [0.2, 0.25) is 0 Å². The number of aryl methyl sites for hydroxylation is 1. The number of thiophene rings is 1. The van der Waals surface area contributed by atoms with Gasteiger partial charge in [0.2, 0.25) is 4.96 Å². The zero-order chi connectivity index (χ0) is 27.8. The Hall–Kier alpha value is -4.86. The van der Waals surface area contributed by atoms with Crippen molar-refractivity contribution in [2.75, 3.05) is 0 Å². The second-order valence-corrected chi connectivity index (χ2v) is 11.4. The van der Waals surface area contributed by atoms with Crippen LogP contribution >= 0.6 is 22.7 Å². The van der Waals surface area contributed by atoms with Crippen molar-refractivity contribution in [1.29, 1.82) is 0 Å². The van der Waals surface area contributed by atoms with E-state index in [1.165, 1.54) is 15.9 Å². The summed E-state index contributed by atoms with van der Waals surface area (Å²) in [4.78, 5) is 19.4. The number of hydrogen-bond donors (Lipinski definition) is 0. The molecule has 0 fully saturated rings. The smallest absolute Gasteiger partial charge is 0.291 e. The zero-order valence-corrected chi connectivity index (χ0v) is 23.6. The minimum Gasteiger partial charge on any atom is -0.489 e. The summed E-state index contributed by atoms with van der Waals surface area (Å²) in [6, 6.07) is 30.0. The maximum Gasteiger partial charge on any atom is 0.291 e. The van der Waals surface area contributed by atoms with E-state index in [0.29, 0.717) is 21.9 Å². The van der Waals surface area contributed by atoms with E-state index in [0.717, 1.165) is 44.3 Å². The molecule has 0 aliphatic rings. The molecule has 0 saturated carbocycles. The molecule has 41 heavy (non-hydrogen) atoms. The van der Waals surface area contributed by atoms with Crippen LogP contribution in [0.25, 0.3) is 38.7 Å². The van der Waals surface area contributed by atoms with Gasteiger partial charge in [-0.3, -0.25) is 4.79 Å². The van der Waals surface area contributed by atoms with Crippen molar-refractivity contribution in [3.8, 4) is 33.4 Å². The number of fused-ring (bicyclic) bond motifs is 1. The Kier molecular flexibility index (Phi) is 6.50. The largest absolute Gasteiger partial charge is 0.489 e. The summed E-state index contributed by atoms with van der Waals surface area (Å²) in [5.74, 6) is 1.39. The first-order valence-corrected chi connectivity index (χ1v) is 14.7. The monoisotopic (exact) mass is 573 g/mol. The van der Waals surface area contributed by atoms with Gasteiger partial charge in [0, 0.05) is 17.3 Å². The predicted molar refractivity (Wildman–Crippen MR) is 164 cm³/mol. The van der Waals surface area contributed by atoms with Crippen molar-refractivity contribution in [2.24, 2.45) is 0 Å². The summed E-state index contributed by atoms with van der Waals surface area (Å²) in [5, 5.41) is 11.4. The average Bonchev–Trinajstić information content (AvgIpc) is 3.80. The van der Waals surface area contributed by atoms with Crippen molar-refractivity contribution < 1.29 is 4.74 Å². The Morgan fingerprint density at radius 2 is 1.73 bits per heavy atom. The van der Waals surface area contributed by atoms with Crippen LogP contribution in [-0.2, 0) is 6.61 Å². The van der Waals surface area contributed by atoms with Crippen LogP contribution in [0, 0.1) is 6.92 Å². The molecule has 7 aromatic rings. The van der Waals surface area contributed by atoms with Crippen LogP contribution < -0.4 is 14.8 Å². The lowest BCUT2D eigenvalue weighted by Gasteiger charge is -2.10. The van der Waals surface area contributed by atoms with Crippen molar-refractivity contribution in [3.63, 3.8) is 0 Å². The highest BCUT2D eigenvalue weighted by Crippen LogP contribution is 2.30. The summed E-state index contributed by atoms with van der Waals surface area (Å²) in [6.07, 6.45) is 3.83. The molecule has 0 N–H and O–H groups in total. The number of rotatable bonds is 7. The van der Waals surface area contributed by atoms with Crippen LogP contribution in [0.4, 0.5) is 0 Å². The van der Waals surface area contributed by atoms with Gasteiger partial charge in [0.05, 0.1) is 15.1 Å². The zero-order valence-electron chi connectivity index (χ0n) is 22.0. The van der Waals surface area contributed by atoms with Gasteiger partial charge in [-0.1, -0.05) is 65.9 Å². The van der Waals surface area contributed by atoms with Crippen LogP contribution in [0.1, 0.15) is 16.7 Å². The summed E-state index contributed by atoms with van der Waals surface area (Å²) < 4.78 is 9.87. The van der Waals surface area contributed by atoms with E-state index >= 15 is 0 Å². The number of benzene rings is 3. The third-order valence-corrected chi connectivity index (χ3v) is 8.48. The van der Waals surface area contributed by atoms with E-state index < -0.39 is 0 Å². The second-order valence-electron chi connectivity index (χ2n) is 9.49. The number of nitrogens with zero attached hydrogens (tertiary/aromatic N) is 5. The first kappa shape index (κ1) is 25.1. The highest BCUT2D eigenvalue weighted by molar-refractivity contribution is 7.15. The number of aromatic nitrogens is 5. The van der Waals surface area contributed by atoms with E-state index in [1.807, 2.05) is 114 Å². The molecular weight excluding hydrogens is 551 g/mol. The molecule has 4 heterocycles. The fourth-order valence-electron chi connectivity index (χ4n) is 4.61. The van der Waals surface area contributed by atoms with Crippen molar-refractivity contribution >= 4 is 33.7 Å². The molecule has 0 aliphatic carbocycles. The lowest BCUT2D eigenvalue weighted by Crippen LogP contribution is -2.23. The van der Waals surface area contributed by atoms with Gasteiger partial charge in [-0.15, -0.1) is 16.4 Å². The number of hydrogen-bond acceptors (Lipinski definition) is 7. The molecule has 0 saturated heterocycles. The van der Waals surface area contributed by atoms with E-state index in [-0.39, 0.29) is 5.56 Å². The van der Waals surface area contributed by atoms with Crippen LogP contribution in [0.3, 0.4) is 0 Å². The Balaban J connectivity index is 1.28. The minimum absolute atomic E-state index is 0.195. The standard InChI is InChI=1S/C32H23N5O2S2/c1-21-17-23(14-15-26(21)39-20-22-9-4-2-5-10-22)29-24(19-36(34-29)25-11-6-3-7-12-25)18-28-31(38)37-32(41-28)33-30(35-37)27-13-8-16-40-27/h2-19H,20H2,1H3. The predicted octanol–water partition coefficient (Wildman–Crippen LogP) is 6.17. The summed E-state index contributed by atoms with van der Waals surface area (Å²) in [6.45, 7) is 2.53. The second kappa shape index (κ2) is 10.6. The van der Waals surface area contributed by atoms with Crippen LogP contribution in [-0.4, -0.2) is 24.4 Å². The summed E-state index contributed by atoms with van der Waals surface area (Å²) in [7, 11) is 0. The van der Waals surface area contributed by atoms with Crippen molar-refractivity contribution in [1.82, 2.24) is 24.4 Å². The Morgan fingerprint density at radius 3 is 2.46 bits per heavy atom. The third-order valence-electron chi connectivity index (χ3n) is 6.66. The number of para-hydroxylation sites is 1. The Bertz CT molecular complexity index is 2080. The molecule has 9 heteroatoms. The molecule has 7 rings (SSSR count). The molecular formula is C32H23N5O2S2. The number of thiazole rings is 1. The van der Waals surface area contributed by atoms with Gasteiger partial charge in [-0.25, -0.2) is 4.68 Å². The van der Waals surface area contributed by atoms with E-state index in [1.54, 1.807) is 11.3 Å². The quantitative estimate of drug-likeness (QED) is 0.228. The lowest BCUT2D eigenvalue weighted by atomic mass is 10.0. The Labute approximate surface area is 243 Å². The van der Waals surface area contributed by atoms with E-state index in [2.05, 4.69) is 16.1 Å². The van der Waals surface area contributed by atoms with Gasteiger partial charge in [-0.05, 0) is 65.9 Å². The molecule has 0 amide bonds. The highest BCUT2D eigenvalue weighted by atomic mass is 32.1. The van der Waals surface area contributed by atoms with Gasteiger partial charge in [-0.2, -0.15) is 14.6 Å². The van der Waals surface area contributed by atoms with Crippen molar-refractivity contribution in [3.05, 3.63) is 134 Å². The molecule has 200 valence electrons. The molecule has 7 nitrogen and oxygen atoms in total. The topological polar surface area (TPSA) is 74.3 Å². The van der Waals surface area contributed by atoms with Gasteiger partial charge in [0.25, 0.3) is 5.56 Å². The lowest BCUT2D eigenvalue weighted by molar-refractivity contribution is 0.304. The first-order chi connectivity index (χ1) is 20.1. The molecule has 4 aromatic heterocycles. The van der Waals surface area contributed by atoms with Crippen LogP contribution in [0.15, 0.2) is 107 Å². The van der Waals surface area contributed by atoms with Gasteiger partial charge in [0.1, 0.15) is 18.1 Å². The summed E-state index contributed by atoms with van der Waals surface area (Å²) >= 11 is 2.87. The van der Waals surface area contributed by atoms with E-state index in [9.17, 15) is 4.79 Å². The maximum absolute atomic E-state index is 13.3. The SMILES string of the molecule is Cc1cc(-c2nn(-c3ccccc3)cc2C=c2sc3nc(-c4cccs4)nn3c2=O)ccc1OCc1ccccc1. The molecule has 0 spiro atoms. The molecule has 0 radical (unpaired) electrons. The molecule has 0 atom stereocenters. The van der Waals surface area contributed by atoms with Crippen LogP contribution in [0.5, 0.6) is 5.75 Å². The van der Waals surface area contributed by atoms with Crippen molar-refractivity contribution in [2.45, 2.75) is 13.5 Å². The Morgan fingerprint density at radius 1 is 0.927 bits per heavy atom. The van der Waals surface area contributed by atoms with E-state index in [4.69, 9.17) is 9.84 Å². The number of ether oxygens (including phenoxy) is 1. The average molecular weight is 574 g/mol. The molecule has 0 unspecified atom stereocenters. The first-order valence-electron chi connectivity index (χ1n) is 13.0. The summed E-state index contributed by atoms with van der Waals surface area (Å²) in [5.41, 5.74) is 5.38. The molecule has 0 aliphatic heterocycles. The molecule has 3 aromatic carbocycles. The normalized spacial score (nSPS) is 11.9. The van der Waals surface area contributed by atoms with Gasteiger partial charge < -0.3 is 4.74 Å². The van der Waals surface area contributed by atoms with Gasteiger partial charge >= 0.3 is 0 Å². The fourth-order valence-corrected chi connectivity index (χ4v) is 6.16. The van der Waals surface area contributed by atoms with Gasteiger partial charge in [0.15, 0.2) is 5.82 Å². The minimum atomic E-state index is -0.195. The fraction of sp³-hybridized carbons (Fsp3) is 0.0625. The highest BCUT2D eigenvalue weighted by Gasteiger charge is 2.16. The maximum atomic E-state index is 13.3.